The molecule has 1 heteroatoms. The van der Waals surface area contributed by atoms with E-state index in [4.69, 9.17) is 0 Å². The molecule has 5 heavy (non-hydrogen) atoms. The van der Waals surface area contributed by atoms with Crippen molar-refractivity contribution < 1.29 is 0 Å². The van der Waals surface area contributed by atoms with Crippen LogP contribution in [0.1, 0.15) is 13.3 Å². The van der Waals surface area contributed by atoms with Crippen LogP contribution in [0.3, 0.4) is 0 Å². The minimum atomic E-state index is 0.995. The molecule has 0 saturated heterocycles. The minimum absolute atomic E-state index is 0.995. The Labute approximate surface area is 46.4 Å². The Hall–Kier alpha value is 0.378. The molecule has 0 aliphatic carbocycles. The molecule has 0 unspecified atom stereocenters. The Kier molecular flexibility index (Phi) is 4.71. The summed E-state index contributed by atoms with van der Waals surface area (Å²) in [7, 11) is 0. The van der Waals surface area contributed by atoms with Crippen LogP contribution in [-0.4, -0.2) is 23.0 Å². The summed E-state index contributed by atoms with van der Waals surface area (Å²) in [5.41, 5.74) is 0. The van der Waals surface area contributed by atoms with Crippen LogP contribution in [-0.2, 0) is 0 Å². The summed E-state index contributed by atoms with van der Waals surface area (Å²) >= 11 is 1.56. The summed E-state index contributed by atoms with van der Waals surface area (Å²) in [5.74, 6) is 2.88. The molecule has 0 aromatic heterocycles. The van der Waals surface area contributed by atoms with E-state index in [1.54, 1.807) is 23.0 Å². The molecule has 0 fully saturated rings. The molecule has 0 bridgehead atoms. The van der Waals surface area contributed by atoms with Crippen molar-refractivity contribution in [2.24, 2.45) is 0 Å². The second-order valence-corrected chi connectivity index (χ2v) is 1.28. The molecule has 0 saturated carbocycles. The third-order valence-corrected chi connectivity index (χ3v) is 0.707. The van der Waals surface area contributed by atoms with Gasteiger partial charge in [-0.05, 0) is 0 Å². The van der Waals surface area contributed by atoms with Crippen LogP contribution in [0.5, 0.6) is 0 Å². The molecular weight excluding hydrogens is 170 g/mol. The van der Waals surface area contributed by atoms with E-state index >= 15 is 0 Å². The van der Waals surface area contributed by atoms with Crippen LogP contribution in [0.2, 0.25) is 0 Å². The molecule has 2 radical (unpaired) electrons. The van der Waals surface area contributed by atoms with E-state index in [0.717, 1.165) is 6.42 Å². The van der Waals surface area contributed by atoms with Crippen molar-refractivity contribution >= 4 is 23.0 Å². The van der Waals surface area contributed by atoms with E-state index in [2.05, 4.69) is 9.79 Å². The van der Waals surface area contributed by atoms with Crippen molar-refractivity contribution in [1.29, 1.82) is 0 Å². The Bertz CT molecular complexity index is 55.8. The monoisotopic (exact) mass is 174 g/mol. The molecule has 0 N–H and O–H groups in total. The Morgan fingerprint density at radius 2 is 2.40 bits per heavy atom. The molecule has 0 amide bonds. The Morgan fingerprint density at radius 1 is 1.80 bits per heavy atom. The standard InChI is InChI=1S/C4H5.Sb/c1-3-4-2;/h3H2,1H3;. The fourth-order valence-electron chi connectivity index (χ4n) is 0.0791. The van der Waals surface area contributed by atoms with Crippen molar-refractivity contribution in [3.8, 4) is 9.79 Å². The molecule has 0 nitrogen and oxygen atoms in total. The van der Waals surface area contributed by atoms with Crippen LogP contribution in [0.25, 0.3) is 0 Å². The number of hydrogen-bond donors (Lipinski definition) is 0. The topological polar surface area (TPSA) is 0 Å². The van der Waals surface area contributed by atoms with Gasteiger partial charge in [0, 0.05) is 0 Å². The van der Waals surface area contributed by atoms with Crippen molar-refractivity contribution in [3.05, 3.63) is 0 Å². The summed E-state index contributed by atoms with van der Waals surface area (Å²) in [5, 5.41) is 0. The molecule has 0 aliphatic rings. The zero-order valence-corrected chi connectivity index (χ0v) is 5.71. The second-order valence-electron chi connectivity index (χ2n) is 0.642. The van der Waals surface area contributed by atoms with Gasteiger partial charge >= 0.3 is 46.2 Å². The summed E-state index contributed by atoms with van der Waals surface area (Å²) in [6, 6.07) is 0. The van der Waals surface area contributed by atoms with E-state index in [1.807, 2.05) is 6.92 Å². The number of rotatable bonds is 0. The molecule has 26 valence electrons. The molecule has 0 aromatic rings. The first-order valence-electron chi connectivity index (χ1n) is 1.53. The summed E-state index contributed by atoms with van der Waals surface area (Å²) in [4.78, 5) is 0. The van der Waals surface area contributed by atoms with E-state index in [0.29, 0.717) is 0 Å². The SMILES string of the molecule is CCC#[C][Sb]. The van der Waals surface area contributed by atoms with Gasteiger partial charge in [-0.2, -0.15) is 0 Å². The van der Waals surface area contributed by atoms with Gasteiger partial charge in [0.1, 0.15) is 0 Å². The third-order valence-electron chi connectivity index (χ3n) is 0.256. The van der Waals surface area contributed by atoms with E-state index < -0.39 is 0 Å². The van der Waals surface area contributed by atoms with Gasteiger partial charge in [-0.1, -0.05) is 0 Å². The summed E-state index contributed by atoms with van der Waals surface area (Å²) in [6.45, 7) is 2.05. The van der Waals surface area contributed by atoms with Gasteiger partial charge in [0.25, 0.3) is 0 Å². The van der Waals surface area contributed by atoms with Gasteiger partial charge < -0.3 is 0 Å². The van der Waals surface area contributed by atoms with Gasteiger partial charge in [0.15, 0.2) is 0 Å². The Morgan fingerprint density at radius 3 is 2.40 bits per heavy atom. The van der Waals surface area contributed by atoms with Crippen LogP contribution in [0.15, 0.2) is 0 Å². The van der Waals surface area contributed by atoms with Crippen molar-refractivity contribution in [3.63, 3.8) is 0 Å². The molecule has 0 rings (SSSR count). The first kappa shape index (κ1) is 5.38. The predicted molar refractivity (Wildman–Crippen MR) is 23.8 cm³/mol. The molecule has 0 spiro atoms. The maximum absolute atomic E-state index is 2.88. The number of hydrogen-bond acceptors (Lipinski definition) is 0. The van der Waals surface area contributed by atoms with E-state index in [1.165, 1.54) is 0 Å². The van der Waals surface area contributed by atoms with Crippen LogP contribution in [0.4, 0.5) is 0 Å². The van der Waals surface area contributed by atoms with Gasteiger partial charge in [0.05, 0.1) is 0 Å². The van der Waals surface area contributed by atoms with Crippen molar-refractivity contribution in [2.75, 3.05) is 0 Å². The zero-order chi connectivity index (χ0) is 4.12. The van der Waals surface area contributed by atoms with E-state index in [-0.39, 0.29) is 0 Å². The fourth-order valence-corrected chi connectivity index (χ4v) is 0.530. The van der Waals surface area contributed by atoms with Gasteiger partial charge in [-0.25, -0.2) is 0 Å². The summed E-state index contributed by atoms with van der Waals surface area (Å²) in [6.07, 6.45) is 0.995. The summed E-state index contributed by atoms with van der Waals surface area (Å²) < 4.78 is 2.82. The quantitative estimate of drug-likeness (QED) is 0.372. The van der Waals surface area contributed by atoms with Crippen molar-refractivity contribution in [1.82, 2.24) is 0 Å². The first-order chi connectivity index (χ1) is 2.41. The van der Waals surface area contributed by atoms with Crippen LogP contribution >= 0.6 is 0 Å². The third kappa shape index (κ3) is 4.38. The first-order valence-corrected chi connectivity index (χ1v) is 2.81. The molecule has 0 aromatic carbocycles. The molecule has 0 atom stereocenters. The fraction of sp³-hybridized carbons (Fsp3) is 0.500. The normalized spacial score (nSPS) is 5.20. The van der Waals surface area contributed by atoms with Gasteiger partial charge in [-0.15, -0.1) is 0 Å². The van der Waals surface area contributed by atoms with Gasteiger partial charge in [-0.3, -0.25) is 0 Å². The average Bonchev–Trinajstić information content (AvgIpc) is 1.41. The van der Waals surface area contributed by atoms with Crippen molar-refractivity contribution in [2.45, 2.75) is 13.3 Å². The maximum atomic E-state index is 2.88. The zero-order valence-electron chi connectivity index (χ0n) is 3.15. The average molecular weight is 175 g/mol. The molecular formula is C4H5Sb. The Balaban J connectivity index is 2.81. The van der Waals surface area contributed by atoms with E-state index in [9.17, 15) is 0 Å². The predicted octanol–water partition coefficient (Wildman–Crippen LogP) is 0.526. The van der Waals surface area contributed by atoms with Crippen LogP contribution in [0, 0.1) is 9.79 Å². The molecule has 0 heterocycles. The van der Waals surface area contributed by atoms with Crippen LogP contribution < -0.4 is 0 Å². The molecule has 0 aliphatic heterocycles. The van der Waals surface area contributed by atoms with Gasteiger partial charge in [0.2, 0.25) is 0 Å². The second kappa shape index (κ2) is 4.38.